The second-order valence-electron chi connectivity index (χ2n) is 11.6. The highest BCUT2D eigenvalue weighted by molar-refractivity contribution is 5.16. The maximum absolute atomic E-state index is 2.65. The van der Waals surface area contributed by atoms with E-state index in [1.165, 1.54) is 173 Å². The zero-order valence-electron chi connectivity index (χ0n) is 25.3. The summed E-state index contributed by atoms with van der Waals surface area (Å²) in [5.74, 6) is 0. The van der Waals surface area contributed by atoms with Gasteiger partial charge < -0.3 is 0 Å². The van der Waals surface area contributed by atoms with Crippen LogP contribution < -0.4 is 4.57 Å². The predicted molar refractivity (Wildman–Crippen MR) is 162 cm³/mol. The van der Waals surface area contributed by atoms with E-state index >= 15 is 0 Å². The number of rotatable bonds is 27. The Kier molecular flexibility index (Phi) is 23.8. The number of nitrogens with zero attached hydrogens (tertiary/aromatic N) is 1. The van der Waals surface area contributed by atoms with E-state index in [1.807, 2.05) is 0 Å². The maximum Gasteiger partial charge on any atom is 0.184 e. The highest BCUT2D eigenvalue weighted by Crippen LogP contribution is 2.17. The smallest absolute Gasteiger partial charge is 0.184 e. The first-order valence-electron chi connectivity index (χ1n) is 16.8. The van der Waals surface area contributed by atoms with Gasteiger partial charge in [-0.2, -0.15) is 0 Å². The van der Waals surface area contributed by atoms with Crippen molar-refractivity contribution >= 4 is 0 Å². The Balaban J connectivity index is 2.45. The summed E-state index contributed by atoms with van der Waals surface area (Å²) in [4.78, 5) is 0. The monoisotopic (exact) mass is 501 g/mol. The number of aryl methyl sites for hydroxylation is 2. The fourth-order valence-corrected chi connectivity index (χ4v) is 5.67. The minimum atomic E-state index is 1.23. The Hall–Kier alpha value is -0.850. The summed E-state index contributed by atoms with van der Waals surface area (Å²) in [6.07, 6.45) is 38.9. The molecule has 0 aliphatic carbocycles. The molecule has 0 saturated heterocycles. The Morgan fingerprint density at radius 2 is 0.833 bits per heavy atom. The first-order valence-corrected chi connectivity index (χ1v) is 16.8. The van der Waals surface area contributed by atoms with Crippen molar-refractivity contribution in [2.75, 3.05) is 0 Å². The Labute approximate surface area is 228 Å². The quantitative estimate of drug-likeness (QED) is 0.0835. The summed E-state index contributed by atoms with van der Waals surface area (Å²) >= 11 is 0. The van der Waals surface area contributed by atoms with Gasteiger partial charge in [-0.1, -0.05) is 149 Å². The molecule has 0 aliphatic heterocycles. The lowest BCUT2D eigenvalue weighted by molar-refractivity contribution is -0.705. The third-order valence-electron chi connectivity index (χ3n) is 8.10. The van der Waals surface area contributed by atoms with Gasteiger partial charge in [-0.15, -0.1) is 0 Å². The Morgan fingerprint density at radius 3 is 1.31 bits per heavy atom. The molecule has 1 heterocycles. The largest absolute Gasteiger partial charge is 0.202 e. The SMILES string of the molecule is CCCCCCCCCCCc1ccc[n+](CCCCCCCC)c1CCCCCCCCCCC. The lowest BCUT2D eigenvalue weighted by Gasteiger charge is -2.10. The van der Waals surface area contributed by atoms with Crippen molar-refractivity contribution in [2.24, 2.45) is 0 Å². The van der Waals surface area contributed by atoms with Crippen LogP contribution in [0, 0.1) is 0 Å². The van der Waals surface area contributed by atoms with E-state index in [9.17, 15) is 0 Å². The lowest BCUT2D eigenvalue weighted by atomic mass is 9.99. The molecule has 0 bridgehead atoms. The molecule has 0 aromatic carbocycles. The van der Waals surface area contributed by atoms with Crippen molar-refractivity contribution in [3.63, 3.8) is 0 Å². The van der Waals surface area contributed by atoms with Crippen LogP contribution >= 0.6 is 0 Å². The van der Waals surface area contributed by atoms with Gasteiger partial charge in [0.1, 0.15) is 6.54 Å². The van der Waals surface area contributed by atoms with Gasteiger partial charge in [0.2, 0.25) is 0 Å². The van der Waals surface area contributed by atoms with Crippen molar-refractivity contribution in [3.05, 3.63) is 29.6 Å². The standard InChI is InChI=1S/C35H66N/c1-4-7-10-13-16-18-20-22-25-29-34-30-28-33-36(32-27-24-15-12-9-6-3)35(34)31-26-23-21-19-17-14-11-8-5-2/h28,30,33H,4-27,29,31-32H2,1-3H3/q+1. The molecule has 0 N–H and O–H groups in total. The Morgan fingerprint density at radius 1 is 0.444 bits per heavy atom. The van der Waals surface area contributed by atoms with Crippen LogP contribution in [0.2, 0.25) is 0 Å². The van der Waals surface area contributed by atoms with E-state index in [0.29, 0.717) is 0 Å². The van der Waals surface area contributed by atoms with Gasteiger partial charge in [0.05, 0.1) is 0 Å². The van der Waals surface area contributed by atoms with Crippen LogP contribution in [-0.2, 0) is 19.4 Å². The molecule has 0 fully saturated rings. The van der Waals surface area contributed by atoms with Crippen LogP contribution in [0.15, 0.2) is 18.3 Å². The van der Waals surface area contributed by atoms with E-state index in [4.69, 9.17) is 0 Å². The van der Waals surface area contributed by atoms with Crippen molar-refractivity contribution in [1.82, 2.24) is 0 Å². The molecule has 1 rings (SSSR count). The summed E-state index contributed by atoms with van der Waals surface area (Å²) in [5.41, 5.74) is 3.33. The fourth-order valence-electron chi connectivity index (χ4n) is 5.67. The number of hydrogen-bond donors (Lipinski definition) is 0. The summed E-state index contributed by atoms with van der Waals surface area (Å²) in [6.45, 7) is 8.16. The average Bonchev–Trinajstić information content (AvgIpc) is 2.89. The van der Waals surface area contributed by atoms with Crippen molar-refractivity contribution in [3.8, 4) is 0 Å². The molecule has 0 spiro atoms. The van der Waals surface area contributed by atoms with Gasteiger partial charge in [0, 0.05) is 24.5 Å². The lowest BCUT2D eigenvalue weighted by Crippen LogP contribution is -2.39. The van der Waals surface area contributed by atoms with Crippen LogP contribution in [0.4, 0.5) is 0 Å². The first kappa shape index (κ1) is 33.2. The average molecular weight is 501 g/mol. The van der Waals surface area contributed by atoms with Crippen LogP contribution in [-0.4, -0.2) is 0 Å². The summed E-state index contributed by atoms with van der Waals surface area (Å²) in [6, 6.07) is 4.78. The zero-order chi connectivity index (χ0) is 25.9. The van der Waals surface area contributed by atoms with Crippen molar-refractivity contribution < 1.29 is 4.57 Å². The number of hydrogen-bond acceptors (Lipinski definition) is 0. The minimum absolute atomic E-state index is 1.23. The molecule has 0 amide bonds. The molecule has 1 aromatic rings. The van der Waals surface area contributed by atoms with Gasteiger partial charge in [0.25, 0.3) is 0 Å². The second-order valence-corrected chi connectivity index (χ2v) is 11.6. The zero-order valence-corrected chi connectivity index (χ0v) is 25.3. The van der Waals surface area contributed by atoms with Gasteiger partial charge in [-0.3, -0.25) is 0 Å². The molecule has 0 aliphatic rings. The van der Waals surface area contributed by atoms with Gasteiger partial charge in [-0.05, 0) is 31.7 Å². The molecule has 1 heteroatoms. The third-order valence-corrected chi connectivity index (χ3v) is 8.10. The molecule has 1 nitrogen and oxygen atoms in total. The topological polar surface area (TPSA) is 3.88 Å². The molecule has 0 radical (unpaired) electrons. The van der Waals surface area contributed by atoms with E-state index in [2.05, 4.69) is 43.7 Å². The molecule has 210 valence electrons. The van der Waals surface area contributed by atoms with Crippen LogP contribution in [0.25, 0.3) is 0 Å². The highest BCUT2D eigenvalue weighted by Gasteiger charge is 2.15. The fraction of sp³-hybridized carbons (Fsp3) is 0.857. The highest BCUT2D eigenvalue weighted by atomic mass is 15.0. The van der Waals surface area contributed by atoms with Crippen molar-refractivity contribution in [1.29, 1.82) is 0 Å². The van der Waals surface area contributed by atoms with Crippen LogP contribution in [0.3, 0.4) is 0 Å². The third kappa shape index (κ3) is 18.4. The predicted octanol–water partition coefficient (Wildman–Crippen LogP) is 11.5. The van der Waals surface area contributed by atoms with Crippen LogP contribution in [0.5, 0.6) is 0 Å². The van der Waals surface area contributed by atoms with Crippen LogP contribution in [0.1, 0.15) is 186 Å². The summed E-state index contributed by atoms with van der Waals surface area (Å²) in [7, 11) is 0. The normalized spacial score (nSPS) is 11.4. The number of pyridine rings is 1. The van der Waals surface area contributed by atoms with E-state index < -0.39 is 0 Å². The molecule has 0 unspecified atom stereocenters. The van der Waals surface area contributed by atoms with E-state index in [1.54, 1.807) is 11.3 Å². The Bertz CT molecular complexity index is 578. The van der Waals surface area contributed by atoms with E-state index in [0.717, 1.165) is 0 Å². The van der Waals surface area contributed by atoms with Gasteiger partial charge in [-0.25, -0.2) is 4.57 Å². The van der Waals surface area contributed by atoms with Gasteiger partial charge >= 0.3 is 0 Å². The number of aromatic nitrogens is 1. The maximum atomic E-state index is 2.65. The molecular formula is C35H66N+. The number of unbranched alkanes of at least 4 members (excludes halogenated alkanes) is 21. The summed E-state index contributed by atoms with van der Waals surface area (Å²) < 4.78 is 2.65. The molecule has 0 atom stereocenters. The van der Waals surface area contributed by atoms with Crippen molar-refractivity contribution in [2.45, 2.75) is 194 Å². The first-order chi connectivity index (χ1) is 17.8. The van der Waals surface area contributed by atoms with Gasteiger partial charge in [0.15, 0.2) is 11.9 Å². The second kappa shape index (κ2) is 25.8. The molecule has 1 aromatic heterocycles. The molecular weight excluding hydrogens is 434 g/mol. The summed E-state index contributed by atoms with van der Waals surface area (Å²) in [5, 5.41) is 0. The van der Waals surface area contributed by atoms with E-state index in [-0.39, 0.29) is 0 Å². The minimum Gasteiger partial charge on any atom is -0.202 e. The molecule has 36 heavy (non-hydrogen) atoms. The molecule has 0 saturated carbocycles.